The number of likely N-dealkylation sites (tertiary alicyclic amines) is 1. The van der Waals surface area contributed by atoms with Crippen LogP contribution in [0.25, 0.3) is 0 Å². The van der Waals surface area contributed by atoms with Crippen LogP contribution in [0.15, 0.2) is 18.2 Å². The van der Waals surface area contributed by atoms with E-state index in [0.717, 1.165) is 12.8 Å². The average molecular weight is 315 g/mol. The van der Waals surface area contributed by atoms with Crippen LogP contribution in [0, 0.1) is 11.3 Å². The first-order valence-electron chi connectivity index (χ1n) is 7.78. The Bertz CT molecular complexity index is 628. The quantitative estimate of drug-likeness (QED) is 0.864. The van der Waals surface area contributed by atoms with E-state index >= 15 is 0 Å². The number of nitrogens with zero attached hydrogens (tertiary/aromatic N) is 2. The second kappa shape index (κ2) is 7.63. The highest BCUT2D eigenvalue weighted by Crippen LogP contribution is 2.22. The Morgan fingerprint density at radius 3 is 2.65 bits per heavy atom. The second-order valence-electron chi connectivity index (χ2n) is 5.53. The van der Waals surface area contributed by atoms with Gasteiger partial charge in [0.05, 0.1) is 17.9 Å². The molecular formula is C17H21N3O3. The number of carbonyl (C=O) groups excluding carboxylic acids is 2. The number of piperidine rings is 1. The molecule has 6 nitrogen and oxygen atoms in total. The van der Waals surface area contributed by atoms with Gasteiger partial charge in [-0.2, -0.15) is 5.26 Å². The standard InChI is InChI=1S/C17H21N3O3/c1-3-23-17(22)20-8-6-15(7-9-20)19-16-10-13(12(2)21)4-5-14(16)11-18/h4-5,10,15,19H,3,6-9H2,1-2H3. The Hall–Kier alpha value is -2.55. The number of ketones is 1. The minimum atomic E-state index is -0.276. The summed E-state index contributed by atoms with van der Waals surface area (Å²) < 4.78 is 5.00. The third kappa shape index (κ3) is 4.22. The van der Waals surface area contributed by atoms with E-state index in [1.165, 1.54) is 6.92 Å². The Morgan fingerprint density at radius 1 is 1.39 bits per heavy atom. The second-order valence-corrected chi connectivity index (χ2v) is 5.53. The minimum absolute atomic E-state index is 0.0327. The minimum Gasteiger partial charge on any atom is -0.450 e. The van der Waals surface area contributed by atoms with Gasteiger partial charge in [-0.05, 0) is 44.9 Å². The summed E-state index contributed by atoms with van der Waals surface area (Å²) in [6.45, 7) is 4.90. The van der Waals surface area contributed by atoms with Crippen LogP contribution in [0.2, 0.25) is 0 Å². The van der Waals surface area contributed by atoms with E-state index in [0.29, 0.717) is 36.5 Å². The van der Waals surface area contributed by atoms with Gasteiger partial charge in [0.2, 0.25) is 0 Å². The van der Waals surface area contributed by atoms with Crippen LogP contribution >= 0.6 is 0 Å². The molecule has 0 radical (unpaired) electrons. The summed E-state index contributed by atoms with van der Waals surface area (Å²) in [5.41, 5.74) is 1.77. The predicted octanol–water partition coefficient (Wildman–Crippen LogP) is 2.79. The van der Waals surface area contributed by atoms with E-state index in [1.807, 2.05) is 0 Å². The van der Waals surface area contributed by atoms with Crippen LogP contribution < -0.4 is 5.32 Å². The molecule has 0 spiro atoms. The van der Waals surface area contributed by atoms with Crippen LogP contribution in [0.5, 0.6) is 0 Å². The molecule has 23 heavy (non-hydrogen) atoms. The lowest BCUT2D eigenvalue weighted by atomic mass is 10.0. The molecule has 0 aliphatic carbocycles. The van der Waals surface area contributed by atoms with Crippen molar-refractivity contribution in [3.8, 4) is 6.07 Å². The Labute approximate surface area is 136 Å². The topological polar surface area (TPSA) is 82.4 Å². The van der Waals surface area contributed by atoms with Crippen molar-refractivity contribution in [1.82, 2.24) is 4.90 Å². The molecule has 1 amide bonds. The van der Waals surface area contributed by atoms with Gasteiger partial charge in [0, 0.05) is 24.7 Å². The molecule has 6 heteroatoms. The van der Waals surface area contributed by atoms with Crippen LogP contribution in [0.3, 0.4) is 0 Å². The van der Waals surface area contributed by atoms with Gasteiger partial charge in [-0.25, -0.2) is 4.79 Å². The Balaban J connectivity index is 2.01. The van der Waals surface area contributed by atoms with E-state index < -0.39 is 0 Å². The van der Waals surface area contributed by atoms with Gasteiger partial charge in [0.25, 0.3) is 0 Å². The molecular weight excluding hydrogens is 294 g/mol. The van der Waals surface area contributed by atoms with Crippen molar-refractivity contribution in [3.05, 3.63) is 29.3 Å². The number of amides is 1. The summed E-state index contributed by atoms with van der Waals surface area (Å²) in [6.07, 6.45) is 1.27. The molecule has 2 rings (SSSR count). The Kier molecular flexibility index (Phi) is 5.58. The highest BCUT2D eigenvalue weighted by Gasteiger charge is 2.24. The largest absolute Gasteiger partial charge is 0.450 e. The molecule has 122 valence electrons. The van der Waals surface area contributed by atoms with E-state index in [9.17, 15) is 14.9 Å². The number of anilines is 1. The molecule has 0 saturated carbocycles. The van der Waals surface area contributed by atoms with Gasteiger partial charge in [-0.3, -0.25) is 4.79 Å². The lowest BCUT2D eigenvalue weighted by Crippen LogP contribution is -2.42. The highest BCUT2D eigenvalue weighted by molar-refractivity contribution is 5.95. The third-order valence-corrected chi connectivity index (χ3v) is 3.93. The highest BCUT2D eigenvalue weighted by atomic mass is 16.6. The van der Waals surface area contributed by atoms with Gasteiger partial charge in [-0.15, -0.1) is 0 Å². The van der Waals surface area contributed by atoms with Crippen molar-refractivity contribution in [2.24, 2.45) is 0 Å². The first-order valence-corrected chi connectivity index (χ1v) is 7.78. The maximum Gasteiger partial charge on any atom is 0.409 e. The van der Waals surface area contributed by atoms with E-state index in [2.05, 4.69) is 11.4 Å². The van der Waals surface area contributed by atoms with E-state index in [-0.39, 0.29) is 17.9 Å². The van der Waals surface area contributed by atoms with Gasteiger partial charge in [-0.1, -0.05) is 0 Å². The zero-order chi connectivity index (χ0) is 16.8. The molecule has 1 heterocycles. The first kappa shape index (κ1) is 16.8. The molecule has 1 aliphatic heterocycles. The van der Waals surface area contributed by atoms with Crippen molar-refractivity contribution in [3.63, 3.8) is 0 Å². The van der Waals surface area contributed by atoms with Crippen LogP contribution in [-0.2, 0) is 4.74 Å². The smallest absolute Gasteiger partial charge is 0.409 e. The molecule has 1 fully saturated rings. The molecule has 1 saturated heterocycles. The predicted molar refractivity (Wildman–Crippen MR) is 86.4 cm³/mol. The Morgan fingerprint density at radius 2 is 2.09 bits per heavy atom. The molecule has 1 aliphatic rings. The monoisotopic (exact) mass is 315 g/mol. The fourth-order valence-corrected chi connectivity index (χ4v) is 2.62. The lowest BCUT2D eigenvalue weighted by molar-refractivity contribution is 0.0980. The number of hydrogen-bond acceptors (Lipinski definition) is 5. The van der Waals surface area contributed by atoms with E-state index in [4.69, 9.17) is 4.74 Å². The number of hydrogen-bond donors (Lipinski definition) is 1. The zero-order valence-corrected chi connectivity index (χ0v) is 13.5. The van der Waals surface area contributed by atoms with Gasteiger partial charge >= 0.3 is 6.09 Å². The molecule has 1 N–H and O–H groups in total. The summed E-state index contributed by atoms with van der Waals surface area (Å²) >= 11 is 0. The number of Topliss-reactive ketones (excluding diaryl/α,β-unsaturated/α-hetero) is 1. The normalized spacial score (nSPS) is 14.9. The van der Waals surface area contributed by atoms with Crippen LogP contribution in [0.4, 0.5) is 10.5 Å². The van der Waals surface area contributed by atoms with Crippen molar-refractivity contribution in [2.75, 3.05) is 25.0 Å². The summed E-state index contributed by atoms with van der Waals surface area (Å²) in [4.78, 5) is 24.9. The molecule has 1 aromatic carbocycles. The number of nitrogens with one attached hydrogen (secondary N) is 1. The molecule has 0 bridgehead atoms. The lowest BCUT2D eigenvalue weighted by Gasteiger charge is -2.32. The van der Waals surface area contributed by atoms with Gasteiger partial charge in [0.15, 0.2) is 5.78 Å². The summed E-state index contributed by atoms with van der Waals surface area (Å²) in [7, 11) is 0. The van der Waals surface area contributed by atoms with Crippen molar-refractivity contribution < 1.29 is 14.3 Å². The number of nitriles is 1. The van der Waals surface area contributed by atoms with Crippen LogP contribution in [0.1, 0.15) is 42.6 Å². The molecule has 0 atom stereocenters. The maximum absolute atomic E-state index is 11.7. The SMILES string of the molecule is CCOC(=O)N1CCC(Nc2cc(C(C)=O)ccc2C#N)CC1. The number of rotatable bonds is 4. The summed E-state index contributed by atoms with van der Waals surface area (Å²) in [6, 6.07) is 7.34. The summed E-state index contributed by atoms with van der Waals surface area (Å²) in [5, 5.41) is 12.5. The molecule has 0 unspecified atom stereocenters. The van der Waals surface area contributed by atoms with Crippen molar-refractivity contribution in [2.45, 2.75) is 32.7 Å². The molecule has 0 aromatic heterocycles. The van der Waals surface area contributed by atoms with E-state index in [1.54, 1.807) is 30.0 Å². The third-order valence-electron chi connectivity index (χ3n) is 3.93. The van der Waals surface area contributed by atoms with Crippen molar-refractivity contribution >= 4 is 17.6 Å². The van der Waals surface area contributed by atoms with Crippen LogP contribution in [-0.4, -0.2) is 42.5 Å². The van der Waals surface area contributed by atoms with Gasteiger partial charge in [0.1, 0.15) is 6.07 Å². The maximum atomic E-state index is 11.7. The molecule has 1 aromatic rings. The number of benzene rings is 1. The van der Waals surface area contributed by atoms with Gasteiger partial charge < -0.3 is 15.0 Å². The first-order chi connectivity index (χ1) is 11.0. The number of ether oxygens (including phenoxy) is 1. The fourth-order valence-electron chi connectivity index (χ4n) is 2.62. The zero-order valence-electron chi connectivity index (χ0n) is 13.5. The number of carbonyl (C=O) groups is 2. The fraction of sp³-hybridized carbons (Fsp3) is 0.471. The van der Waals surface area contributed by atoms with Crippen molar-refractivity contribution in [1.29, 1.82) is 5.26 Å². The summed E-state index contributed by atoms with van der Waals surface area (Å²) in [5.74, 6) is -0.0327. The average Bonchev–Trinajstić information content (AvgIpc) is 2.55.